The molecule has 0 amide bonds. The summed E-state index contributed by atoms with van der Waals surface area (Å²) in [7, 11) is 0. The first-order valence-electron chi connectivity index (χ1n) is 5.71. The lowest BCUT2D eigenvalue weighted by Crippen LogP contribution is -2.16. The standard InChI is InChI=1S/C14H12ClFN2/c15-11-5-13(17)14(6-12(11)16)18-7-9-3-1-2-4-10(9)8-18/h1-6H,7-8,17H2. The molecule has 3 rings (SSSR count). The largest absolute Gasteiger partial charge is 0.397 e. The van der Waals surface area contributed by atoms with Gasteiger partial charge in [0.1, 0.15) is 5.82 Å². The van der Waals surface area contributed by atoms with Crippen molar-refractivity contribution in [3.63, 3.8) is 0 Å². The molecule has 0 bridgehead atoms. The van der Waals surface area contributed by atoms with Crippen LogP contribution >= 0.6 is 11.6 Å². The van der Waals surface area contributed by atoms with E-state index >= 15 is 0 Å². The second kappa shape index (κ2) is 4.18. The minimum absolute atomic E-state index is 0.0629. The minimum atomic E-state index is -0.433. The first-order valence-corrected chi connectivity index (χ1v) is 6.09. The number of rotatable bonds is 1. The van der Waals surface area contributed by atoms with Gasteiger partial charge in [-0.1, -0.05) is 35.9 Å². The van der Waals surface area contributed by atoms with E-state index in [2.05, 4.69) is 17.0 Å². The molecule has 0 radical (unpaired) electrons. The van der Waals surface area contributed by atoms with Gasteiger partial charge in [0, 0.05) is 19.2 Å². The number of nitrogens with zero attached hydrogens (tertiary/aromatic N) is 1. The van der Waals surface area contributed by atoms with Gasteiger partial charge in [0.15, 0.2) is 0 Å². The predicted molar refractivity (Wildman–Crippen MR) is 72.2 cm³/mol. The Hall–Kier alpha value is -1.74. The van der Waals surface area contributed by atoms with Crippen LogP contribution in [0.4, 0.5) is 15.8 Å². The minimum Gasteiger partial charge on any atom is -0.397 e. The van der Waals surface area contributed by atoms with Gasteiger partial charge >= 0.3 is 0 Å². The highest BCUT2D eigenvalue weighted by Gasteiger charge is 2.21. The molecule has 0 spiro atoms. The molecular formula is C14H12ClFN2. The van der Waals surface area contributed by atoms with Gasteiger partial charge in [-0.3, -0.25) is 0 Å². The van der Waals surface area contributed by atoms with Gasteiger partial charge in [0.2, 0.25) is 0 Å². The Morgan fingerprint density at radius 3 is 2.33 bits per heavy atom. The van der Waals surface area contributed by atoms with E-state index < -0.39 is 5.82 Å². The van der Waals surface area contributed by atoms with Gasteiger partial charge in [-0.25, -0.2) is 4.39 Å². The summed E-state index contributed by atoms with van der Waals surface area (Å²) in [6.07, 6.45) is 0. The average molecular weight is 263 g/mol. The molecule has 0 saturated heterocycles. The molecule has 2 N–H and O–H groups in total. The lowest BCUT2D eigenvalue weighted by Gasteiger charge is -2.20. The third-order valence-electron chi connectivity index (χ3n) is 3.25. The van der Waals surface area contributed by atoms with E-state index in [9.17, 15) is 4.39 Å². The summed E-state index contributed by atoms with van der Waals surface area (Å²) in [4.78, 5) is 2.05. The molecule has 0 atom stereocenters. The Labute approximate surface area is 110 Å². The van der Waals surface area contributed by atoms with Gasteiger partial charge in [-0.15, -0.1) is 0 Å². The highest BCUT2D eigenvalue weighted by Crippen LogP contribution is 2.34. The molecule has 1 aliphatic heterocycles. The number of hydrogen-bond acceptors (Lipinski definition) is 2. The van der Waals surface area contributed by atoms with Crippen molar-refractivity contribution >= 4 is 23.0 Å². The molecule has 18 heavy (non-hydrogen) atoms. The van der Waals surface area contributed by atoms with E-state index in [0.29, 0.717) is 11.4 Å². The summed E-state index contributed by atoms with van der Waals surface area (Å²) in [6.45, 7) is 1.50. The van der Waals surface area contributed by atoms with Crippen molar-refractivity contribution in [3.05, 3.63) is 58.4 Å². The quantitative estimate of drug-likeness (QED) is 0.796. The van der Waals surface area contributed by atoms with Crippen molar-refractivity contribution in [2.24, 2.45) is 0 Å². The monoisotopic (exact) mass is 262 g/mol. The van der Waals surface area contributed by atoms with E-state index in [0.717, 1.165) is 13.1 Å². The molecule has 0 unspecified atom stereocenters. The van der Waals surface area contributed by atoms with Crippen molar-refractivity contribution in [2.75, 3.05) is 10.6 Å². The molecule has 2 nitrogen and oxygen atoms in total. The van der Waals surface area contributed by atoms with Crippen LogP contribution < -0.4 is 10.6 Å². The van der Waals surface area contributed by atoms with E-state index in [1.807, 2.05) is 12.1 Å². The Morgan fingerprint density at radius 1 is 1.11 bits per heavy atom. The normalized spacial score (nSPS) is 13.8. The molecule has 0 saturated carbocycles. The van der Waals surface area contributed by atoms with Crippen LogP contribution in [0.15, 0.2) is 36.4 Å². The van der Waals surface area contributed by atoms with E-state index in [4.69, 9.17) is 17.3 Å². The number of nitrogens with two attached hydrogens (primary N) is 1. The molecule has 4 heteroatoms. The Morgan fingerprint density at radius 2 is 1.72 bits per heavy atom. The topological polar surface area (TPSA) is 29.3 Å². The number of hydrogen-bond donors (Lipinski definition) is 1. The van der Waals surface area contributed by atoms with Crippen LogP contribution in [0.1, 0.15) is 11.1 Å². The fourth-order valence-electron chi connectivity index (χ4n) is 2.33. The Balaban J connectivity index is 1.97. The molecule has 0 aromatic heterocycles. The first kappa shape index (κ1) is 11.4. The second-order valence-corrected chi connectivity index (χ2v) is 4.86. The van der Waals surface area contributed by atoms with E-state index in [1.165, 1.54) is 23.3 Å². The zero-order chi connectivity index (χ0) is 12.7. The maximum atomic E-state index is 13.5. The molecule has 0 aliphatic carbocycles. The summed E-state index contributed by atoms with van der Waals surface area (Å²) in [5.41, 5.74) is 9.64. The number of halogens is 2. The van der Waals surface area contributed by atoms with Gasteiger partial charge in [-0.2, -0.15) is 0 Å². The second-order valence-electron chi connectivity index (χ2n) is 4.45. The van der Waals surface area contributed by atoms with Crippen molar-refractivity contribution in [1.82, 2.24) is 0 Å². The fourth-order valence-corrected chi connectivity index (χ4v) is 2.50. The Kier molecular flexibility index (Phi) is 2.63. The lowest BCUT2D eigenvalue weighted by atomic mass is 10.1. The highest BCUT2D eigenvalue weighted by atomic mass is 35.5. The highest BCUT2D eigenvalue weighted by molar-refractivity contribution is 6.31. The van der Waals surface area contributed by atoms with Gasteiger partial charge in [0.25, 0.3) is 0 Å². The maximum absolute atomic E-state index is 13.5. The smallest absolute Gasteiger partial charge is 0.144 e. The van der Waals surface area contributed by atoms with E-state index in [-0.39, 0.29) is 5.02 Å². The lowest BCUT2D eigenvalue weighted by molar-refractivity contribution is 0.627. The summed E-state index contributed by atoms with van der Waals surface area (Å²) in [5, 5.41) is 0.0629. The summed E-state index contributed by atoms with van der Waals surface area (Å²) in [5.74, 6) is -0.433. The predicted octanol–water partition coefficient (Wildman–Crippen LogP) is 3.58. The van der Waals surface area contributed by atoms with Crippen molar-refractivity contribution in [3.8, 4) is 0 Å². The van der Waals surface area contributed by atoms with Crippen LogP contribution in [-0.4, -0.2) is 0 Å². The van der Waals surface area contributed by atoms with Gasteiger partial charge in [0.05, 0.1) is 16.4 Å². The molecule has 92 valence electrons. The van der Waals surface area contributed by atoms with E-state index in [1.54, 1.807) is 0 Å². The zero-order valence-electron chi connectivity index (χ0n) is 9.66. The third kappa shape index (κ3) is 1.81. The van der Waals surface area contributed by atoms with Crippen LogP contribution in [0.2, 0.25) is 5.02 Å². The number of benzene rings is 2. The van der Waals surface area contributed by atoms with Crippen molar-refractivity contribution in [2.45, 2.75) is 13.1 Å². The first-order chi connectivity index (χ1) is 8.65. The average Bonchev–Trinajstić information content (AvgIpc) is 2.77. The van der Waals surface area contributed by atoms with Crippen LogP contribution in [0.5, 0.6) is 0 Å². The molecule has 1 aliphatic rings. The molecule has 2 aromatic carbocycles. The third-order valence-corrected chi connectivity index (χ3v) is 3.54. The van der Waals surface area contributed by atoms with Crippen molar-refractivity contribution in [1.29, 1.82) is 0 Å². The van der Waals surface area contributed by atoms with Crippen LogP contribution in [0.3, 0.4) is 0 Å². The maximum Gasteiger partial charge on any atom is 0.144 e. The van der Waals surface area contributed by atoms with Gasteiger partial charge < -0.3 is 10.6 Å². The summed E-state index contributed by atoms with van der Waals surface area (Å²) in [6, 6.07) is 11.1. The van der Waals surface area contributed by atoms with Crippen LogP contribution in [0, 0.1) is 5.82 Å². The van der Waals surface area contributed by atoms with Crippen LogP contribution in [0.25, 0.3) is 0 Å². The molecule has 1 heterocycles. The fraction of sp³-hybridized carbons (Fsp3) is 0.143. The zero-order valence-corrected chi connectivity index (χ0v) is 10.4. The summed E-state index contributed by atoms with van der Waals surface area (Å²) >= 11 is 5.71. The molecule has 2 aromatic rings. The number of fused-ring (bicyclic) bond motifs is 1. The van der Waals surface area contributed by atoms with Crippen LogP contribution in [-0.2, 0) is 13.1 Å². The number of anilines is 2. The van der Waals surface area contributed by atoms with Gasteiger partial charge in [-0.05, 0) is 17.2 Å². The number of nitrogen functional groups attached to an aromatic ring is 1. The molecule has 0 fully saturated rings. The SMILES string of the molecule is Nc1cc(Cl)c(F)cc1N1Cc2ccccc2C1. The summed E-state index contributed by atoms with van der Waals surface area (Å²) < 4.78 is 13.5. The molecular weight excluding hydrogens is 251 g/mol. The van der Waals surface area contributed by atoms with Crippen molar-refractivity contribution < 1.29 is 4.39 Å². The Bertz CT molecular complexity index is 588.